The highest BCUT2D eigenvalue weighted by Gasteiger charge is 2.17. The molecule has 1 saturated heterocycles. The fourth-order valence-corrected chi connectivity index (χ4v) is 2.84. The summed E-state index contributed by atoms with van der Waals surface area (Å²) in [5.41, 5.74) is 2.73. The van der Waals surface area contributed by atoms with Crippen LogP contribution in [0.5, 0.6) is 0 Å². The normalized spacial score (nSPS) is 17.9. The van der Waals surface area contributed by atoms with Crippen molar-refractivity contribution in [1.29, 1.82) is 0 Å². The molecule has 0 saturated carbocycles. The van der Waals surface area contributed by atoms with E-state index in [9.17, 15) is 0 Å². The third-order valence-electron chi connectivity index (χ3n) is 4.00. The van der Waals surface area contributed by atoms with Crippen molar-refractivity contribution in [3.8, 4) is 0 Å². The highest BCUT2D eigenvalue weighted by Crippen LogP contribution is 2.18. The Morgan fingerprint density at radius 3 is 2.32 bits per heavy atom. The van der Waals surface area contributed by atoms with E-state index in [-0.39, 0.29) is 0 Å². The van der Waals surface area contributed by atoms with Crippen LogP contribution in [-0.2, 0) is 6.42 Å². The number of nitrogens with zero attached hydrogens (tertiary/aromatic N) is 1. The maximum Gasteiger partial charge on any atom is 0.0342 e. The Balaban J connectivity index is 1.83. The quantitative estimate of drug-likeness (QED) is 0.866. The van der Waals surface area contributed by atoms with Crippen LogP contribution in [0.4, 0.5) is 5.69 Å². The number of anilines is 1. The van der Waals surface area contributed by atoms with Gasteiger partial charge in [0.1, 0.15) is 0 Å². The Kier molecular flexibility index (Phi) is 5.26. The van der Waals surface area contributed by atoms with Crippen LogP contribution in [0.2, 0.25) is 0 Å². The smallest absolute Gasteiger partial charge is 0.0342 e. The molecular weight excluding hydrogens is 232 g/mol. The van der Waals surface area contributed by atoms with E-state index >= 15 is 0 Å². The van der Waals surface area contributed by atoms with Gasteiger partial charge in [-0.3, -0.25) is 0 Å². The Bertz CT molecular complexity index is 361. The predicted octanol–water partition coefficient (Wildman–Crippen LogP) is 3.78. The monoisotopic (exact) mass is 260 g/mol. The summed E-state index contributed by atoms with van der Waals surface area (Å²) in [4.78, 5) is 2.53. The van der Waals surface area contributed by atoms with Gasteiger partial charge in [0.25, 0.3) is 0 Å². The molecule has 1 N–H and O–H groups in total. The molecule has 19 heavy (non-hydrogen) atoms. The maximum absolute atomic E-state index is 3.68. The number of piperidine rings is 1. The van der Waals surface area contributed by atoms with Crippen LogP contribution >= 0.6 is 0 Å². The number of hydrogen-bond donors (Lipinski definition) is 1. The van der Waals surface area contributed by atoms with Gasteiger partial charge in [-0.25, -0.2) is 0 Å². The fraction of sp³-hybridized carbons (Fsp3) is 0.647. The number of rotatable bonds is 5. The fourth-order valence-electron chi connectivity index (χ4n) is 2.84. The van der Waals surface area contributed by atoms with E-state index in [0.29, 0.717) is 6.04 Å². The van der Waals surface area contributed by atoms with Gasteiger partial charge in [-0.2, -0.15) is 0 Å². The molecule has 0 atom stereocenters. The lowest BCUT2D eigenvalue weighted by Gasteiger charge is -2.32. The minimum absolute atomic E-state index is 0.652. The first-order chi connectivity index (χ1) is 9.17. The number of nitrogens with one attached hydrogen (secondary N) is 1. The molecule has 0 bridgehead atoms. The molecule has 2 heteroatoms. The number of benzene rings is 1. The Morgan fingerprint density at radius 2 is 1.79 bits per heavy atom. The lowest BCUT2D eigenvalue weighted by atomic mass is 10.0. The average molecular weight is 260 g/mol. The summed E-state index contributed by atoms with van der Waals surface area (Å²) in [5, 5.41) is 3.68. The highest BCUT2D eigenvalue weighted by atomic mass is 15.1. The summed E-state index contributed by atoms with van der Waals surface area (Å²) in [6.07, 6.45) is 3.71. The van der Waals surface area contributed by atoms with E-state index in [1.165, 1.54) is 50.1 Å². The Labute approximate surface area is 118 Å². The lowest BCUT2D eigenvalue weighted by molar-refractivity contribution is 0.229. The van der Waals surface area contributed by atoms with Crippen molar-refractivity contribution in [3.63, 3.8) is 0 Å². The molecule has 0 aromatic heterocycles. The summed E-state index contributed by atoms with van der Waals surface area (Å²) in [5.74, 6) is 0.734. The van der Waals surface area contributed by atoms with Gasteiger partial charge < -0.3 is 10.2 Å². The van der Waals surface area contributed by atoms with Crippen LogP contribution in [0.1, 0.15) is 39.2 Å². The number of likely N-dealkylation sites (tertiary alicyclic amines) is 1. The molecule has 0 radical (unpaired) electrons. The largest absolute Gasteiger partial charge is 0.382 e. The molecule has 0 spiro atoms. The minimum Gasteiger partial charge on any atom is -0.382 e. The molecule has 1 fully saturated rings. The molecule has 1 heterocycles. The lowest BCUT2D eigenvalue weighted by Crippen LogP contribution is -2.38. The van der Waals surface area contributed by atoms with Crippen LogP contribution in [-0.4, -0.2) is 30.6 Å². The van der Waals surface area contributed by atoms with Gasteiger partial charge in [0.2, 0.25) is 0 Å². The van der Waals surface area contributed by atoms with E-state index in [0.717, 1.165) is 5.92 Å². The summed E-state index contributed by atoms with van der Waals surface area (Å²) in [7, 11) is 0. The average Bonchev–Trinajstić information content (AvgIpc) is 2.41. The summed E-state index contributed by atoms with van der Waals surface area (Å²) < 4.78 is 0. The van der Waals surface area contributed by atoms with Gasteiger partial charge in [0.05, 0.1) is 0 Å². The van der Waals surface area contributed by atoms with Crippen molar-refractivity contribution in [2.75, 3.05) is 25.0 Å². The van der Waals surface area contributed by atoms with Crippen LogP contribution < -0.4 is 5.32 Å². The van der Waals surface area contributed by atoms with E-state index in [1.54, 1.807) is 0 Å². The molecule has 0 aliphatic carbocycles. The predicted molar refractivity (Wildman–Crippen MR) is 83.7 cm³/mol. The summed E-state index contributed by atoms with van der Waals surface area (Å²) >= 11 is 0. The van der Waals surface area contributed by atoms with Gasteiger partial charge >= 0.3 is 0 Å². The van der Waals surface area contributed by atoms with E-state index in [4.69, 9.17) is 0 Å². The molecule has 2 nitrogen and oxygen atoms in total. The van der Waals surface area contributed by atoms with Crippen LogP contribution in [0.25, 0.3) is 0 Å². The van der Waals surface area contributed by atoms with Crippen molar-refractivity contribution >= 4 is 5.69 Å². The van der Waals surface area contributed by atoms with Gasteiger partial charge in [-0.15, -0.1) is 0 Å². The van der Waals surface area contributed by atoms with Gasteiger partial charge in [-0.05, 0) is 49.4 Å². The van der Waals surface area contributed by atoms with Gasteiger partial charge in [-0.1, -0.05) is 32.9 Å². The first-order valence-electron chi connectivity index (χ1n) is 7.75. The summed E-state index contributed by atoms with van der Waals surface area (Å²) in [6, 6.07) is 9.67. The molecule has 1 aromatic rings. The first-order valence-corrected chi connectivity index (χ1v) is 7.75. The van der Waals surface area contributed by atoms with E-state index < -0.39 is 0 Å². The Morgan fingerprint density at radius 1 is 1.16 bits per heavy atom. The van der Waals surface area contributed by atoms with Crippen molar-refractivity contribution < 1.29 is 0 Å². The standard InChI is InChI=1S/C17H28N2/c1-4-19-11-9-17(10-12-19)18-16-7-5-15(6-8-16)13-14(2)3/h5-8,14,17-18H,4,9-13H2,1-3H3. The zero-order valence-electron chi connectivity index (χ0n) is 12.7. The van der Waals surface area contributed by atoms with Crippen LogP contribution in [0.15, 0.2) is 24.3 Å². The molecule has 2 rings (SSSR count). The third kappa shape index (κ3) is 4.54. The highest BCUT2D eigenvalue weighted by molar-refractivity contribution is 5.45. The van der Waals surface area contributed by atoms with Crippen molar-refractivity contribution in [3.05, 3.63) is 29.8 Å². The maximum atomic E-state index is 3.68. The third-order valence-corrected chi connectivity index (χ3v) is 4.00. The topological polar surface area (TPSA) is 15.3 Å². The van der Waals surface area contributed by atoms with E-state index in [1.807, 2.05) is 0 Å². The molecule has 0 unspecified atom stereocenters. The summed E-state index contributed by atoms with van der Waals surface area (Å²) in [6.45, 7) is 10.5. The molecule has 1 aliphatic rings. The molecule has 106 valence electrons. The minimum atomic E-state index is 0.652. The van der Waals surface area contributed by atoms with Crippen LogP contribution in [0.3, 0.4) is 0 Å². The van der Waals surface area contributed by atoms with Crippen LogP contribution in [0, 0.1) is 5.92 Å². The van der Waals surface area contributed by atoms with Crippen molar-refractivity contribution in [1.82, 2.24) is 4.90 Å². The molecule has 1 aromatic carbocycles. The second kappa shape index (κ2) is 6.95. The molecule has 0 amide bonds. The first kappa shape index (κ1) is 14.4. The van der Waals surface area contributed by atoms with E-state index in [2.05, 4.69) is 55.3 Å². The zero-order chi connectivity index (χ0) is 13.7. The van der Waals surface area contributed by atoms with Gasteiger partial charge in [0.15, 0.2) is 0 Å². The number of hydrogen-bond acceptors (Lipinski definition) is 2. The molecule has 1 aliphatic heterocycles. The molecular formula is C17H28N2. The van der Waals surface area contributed by atoms with Crippen molar-refractivity contribution in [2.45, 2.75) is 46.1 Å². The van der Waals surface area contributed by atoms with Crippen molar-refractivity contribution in [2.24, 2.45) is 5.92 Å². The second-order valence-corrected chi connectivity index (χ2v) is 6.15. The SMILES string of the molecule is CCN1CCC(Nc2ccc(CC(C)C)cc2)CC1. The Hall–Kier alpha value is -1.02. The van der Waals surface area contributed by atoms with Gasteiger partial charge in [0, 0.05) is 24.8 Å². The second-order valence-electron chi connectivity index (χ2n) is 6.15. The zero-order valence-corrected chi connectivity index (χ0v) is 12.7.